The SMILES string of the molecule is C=C(C)CC.C=C(Cc1c(C)cc(CN2CCCC2)cc1C#N)c1cccc(-c2cccc(C(C)=N/C(CC)=C(\C)CC)c2C)c1C.CC.CCCC.CCCC.CS. The summed E-state index contributed by atoms with van der Waals surface area (Å²) in [4.78, 5) is 7.54. The predicted molar refractivity (Wildman–Crippen MR) is 273 cm³/mol. The molecule has 3 aromatic carbocycles. The van der Waals surface area contributed by atoms with Gasteiger partial charge in [-0.3, -0.25) is 9.89 Å². The summed E-state index contributed by atoms with van der Waals surface area (Å²) in [6, 6.07) is 19.9. The summed E-state index contributed by atoms with van der Waals surface area (Å²) in [5, 5.41) is 10.1. The predicted octanol–water partition coefficient (Wildman–Crippen LogP) is 17.1. The lowest BCUT2D eigenvalue weighted by Crippen LogP contribution is -2.18. The molecule has 1 saturated heterocycles. The molecule has 0 aromatic heterocycles. The first-order valence-electron chi connectivity index (χ1n) is 22.7. The van der Waals surface area contributed by atoms with E-state index in [1.165, 1.54) is 94.3 Å². The first kappa shape index (κ1) is 57.4. The average Bonchev–Trinajstić information content (AvgIpc) is 3.78. The number of allylic oxidation sites excluding steroid dienone is 4. The van der Waals surface area contributed by atoms with Gasteiger partial charge in [0.05, 0.1) is 11.6 Å². The Bertz CT molecular complexity index is 1750. The van der Waals surface area contributed by atoms with Gasteiger partial charge < -0.3 is 0 Å². The summed E-state index contributed by atoms with van der Waals surface area (Å²) in [5.41, 5.74) is 17.4. The fourth-order valence-electron chi connectivity index (χ4n) is 6.40. The number of unbranched alkanes of at least 4 members (excludes halogenated alkanes) is 2. The summed E-state index contributed by atoms with van der Waals surface area (Å²) >= 11 is 3.53. The number of nitriles is 1. The monoisotopic (exact) mass is 822 g/mol. The van der Waals surface area contributed by atoms with Gasteiger partial charge in [0.1, 0.15) is 0 Å². The topological polar surface area (TPSA) is 39.4 Å². The van der Waals surface area contributed by atoms with Crippen LogP contribution in [0.4, 0.5) is 0 Å². The molecule has 1 fully saturated rings. The number of aliphatic imine (C=N–C) groups is 1. The van der Waals surface area contributed by atoms with Crippen molar-refractivity contribution in [3.05, 3.63) is 123 Å². The molecule has 0 unspecified atom stereocenters. The van der Waals surface area contributed by atoms with Gasteiger partial charge in [-0.05, 0) is 161 Å². The lowest BCUT2D eigenvalue weighted by atomic mass is 9.86. The highest BCUT2D eigenvalue weighted by molar-refractivity contribution is 7.79. The molecule has 0 saturated carbocycles. The molecule has 3 aromatic rings. The van der Waals surface area contributed by atoms with E-state index < -0.39 is 0 Å². The fraction of sp³-hybridized carbons (Fsp3) is 0.527. The Hall–Kier alpha value is -3.65. The lowest BCUT2D eigenvalue weighted by molar-refractivity contribution is 0.331. The van der Waals surface area contributed by atoms with E-state index in [9.17, 15) is 5.26 Å². The zero-order valence-corrected chi connectivity index (χ0v) is 41.9. The van der Waals surface area contributed by atoms with Gasteiger partial charge in [0.2, 0.25) is 0 Å². The normalized spacial score (nSPS) is 12.2. The van der Waals surface area contributed by atoms with Crippen molar-refractivity contribution in [2.75, 3.05) is 19.3 Å². The van der Waals surface area contributed by atoms with Crippen molar-refractivity contribution < 1.29 is 0 Å². The molecule has 0 bridgehead atoms. The standard InChI is InChI=1S/C39H47N3.C5H10.2C4H10.C2H6.CH4S/c1-9-26(3)39(10-2)41-31(8)35-16-14-18-37(30(35)7)36-17-13-15-34(29(36)6)28(5)22-38-27(4)21-32(23-33(38)24-40)25-42-19-11-12-20-42;1-4-5(2)3;2*1-3-4-2;2*1-2/h13-18,21,23H,5,9-12,19-20,22,25H2,1-4,6-8H3;2,4H2,1,3H3;2*3-4H2,1-2H3;1-2H3;2H,1H3/b39-26+,41-31?;;;;;. The van der Waals surface area contributed by atoms with E-state index in [4.69, 9.17) is 4.99 Å². The lowest BCUT2D eigenvalue weighted by Gasteiger charge is -2.19. The van der Waals surface area contributed by atoms with Gasteiger partial charge in [0, 0.05) is 18.0 Å². The Labute approximate surface area is 371 Å². The average molecular weight is 822 g/mol. The number of hydrogen-bond acceptors (Lipinski definition) is 4. The molecule has 0 N–H and O–H groups in total. The van der Waals surface area contributed by atoms with E-state index in [1.54, 1.807) is 6.26 Å². The van der Waals surface area contributed by atoms with Crippen molar-refractivity contribution >= 4 is 23.9 Å². The smallest absolute Gasteiger partial charge is 0.0994 e. The second kappa shape index (κ2) is 34.1. The van der Waals surface area contributed by atoms with Crippen LogP contribution in [0, 0.1) is 32.1 Å². The maximum atomic E-state index is 10.1. The highest BCUT2D eigenvalue weighted by Crippen LogP contribution is 2.34. The van der Waals surface area contributed by atoms with Gasteiger partial charge in [0.25, 0.3) is 0 Å². The number of likely N-dealkylation sites (tertiary alicyclic amines) is 1. The number of rotatable bonds is 13. The van der Waals surface area contributed by atoms with Gasteiger partial charge in [-0.15, -0.1) is 6.58 Å². The number of nitrogens with zero attached hydrogens (tertiary/aromatic N) is 3. The van der Waals surface area contributed by atoms with Crippen molar-refractivity contribution in [1.29, 1.82) is 5.26 Å². The molecule has 1 aliphatic heterocycles. The maximum absolute atomic E-state index is 10.1. The third-order valence-corrected chi connectivity index (χ3v) is 10.6. The van der Waals surface area contributed by atoms with Crippen LogP contribution in [0.15, 0.2) is 83.5 Å². The molecule has 1 aliphatic rings. The summed E-state index contributed by atoms with van der Waals surface area (Å²) in [6.07, 6.45) is 13.2. The van der Waals surface area contributed by atoms with Crippen molar-refractivity contribution in [2.45, 2.75) is 175 Å². The van der Waals surface area contributed by atoms with Crippen LogP contribution in [0.2, 0.25) is 0 Å². The molecule has 1 heterocycles. The zero-order chi connectivity index (χ0) is 45.5. The summed E-state index contributed by atoms with van der Waals surface area (Å²) in [5.74, 6) is 0. The van der Waals surface area contributed by atoms with E-state index in [2.05, 4.69) is 168 Å². The number of hydrogen-bond donors (Lipinski definition) is 1. The van der Waals surface area contributed by atoms with Gasteiger partial charge in [-0.2, -0.15) is 17.9 Å². The number of thiol groups is 1. The van der Waals surface area contributed by atoms with E-state index in [-0.39, 0.29) is 0 Å². The van der Waals surface area contributed by atoms with Gasteiger partial charge in [0.15, 0.2) is 0 Å². The third-order valence-electron chi connectivity index (χ3n) is 10.6. The molecular formula is C55H87N3S. The van der Waals surface area contributed by atoms with Crippen LogP contribution >= 0.6 is 12.6 Å². The van der Waals surface area contributed by atoms with Crippen LogP contribution in [0.3, 0.4) is 0 Å². The van der Waals surface area contributed by atoms with Crippen LogP contribution in [0.5, 0.6) is 0 Å². The van der Waals surface area contributed by atoms with Gasteiger partial charge in [-0.1, -0.05) is 148 Å². The highest BCUT2D eigenvalue weighted by atomic mass is 32.1. The molecule has 0 spiro atoms. The number of benzene rings is 3. The van der Waals surface area contributed by atoms with Gasteiger partial charge >= 0.3 is 0 Å². The van der Waals surface area contributed by atoms with Crippen LogP contribution in [-0.2, 0) is 13.0 Å². The van der Waals surface area contributed by atoms with Gasteiger partial charge in [-0.25, -0.2) is 0 Å². The van der Waals surface area contributed by atoms with E-state index in [0.29, 0.717) is 6.42 Å². The first-order chi connectivity index (χ1) is 28.3. The molecule has 0 radical (unpaired) electrons. The molecular weight excluding hydrogens is 735 g/mol. The fourth-order valence-corrected chi connectivity index (χ4v) is 6.40. The Morgan fingerprint density at radius 2 is 1.20 bits per heavy atom. The van der Waals surface area contributed by atoms with Crippen molar-refractivity contribution in [1.82, 2.24) is 4.90 Å². The highest BCUT2D eigenvalue weighted by Gasteiger charge is 2.18. The van der Waals surface area contributed by atoms with E-state index in [1.807, 2.05) is 20.8 Å². The molecule has 3 nitrogen and oxygen atoms in total. The minimum Gasteiger partial charge on any atom is -0.299 e. The molecule has 4 heteroatoms. The van der Waals surface area contributed by atoms with Crippen molar-refractivity contribution in [2.24, 2.45) is 4.99 Å². The molecule has 0 atom stereocenters. The summed E-state index contributed by atoms with van der Waals surface area (Å²) < 4.78 is 0. The van der Waals surface area contributed by atoms with Crippen LogP contribution < -0.4 is 0 Å². The zero-order valence-electron chi connectivity index (χ0n) is 41.0. The van der Waals surface area contributed by atoms with Crippen LogP contribution in [0.1, 0.15) is 185 Å². The summed E-state index contributed by atoms with van der Waals surface area (Å²) in [6.45, 7) is 43.5. The minimum absolute atomic E-state index is 0.663. The van der Waals surface area contributed by atoms with E-state index >= 15 is 0 Å². The second-order valence-corrected chi connectivity index (χ2v) is 15.2. The molecule has 0 aliphatic carbocycles. The Kier molecular flexibility index (Phi) is 33.2. The minimum atomic E-state index is 0.663. The van der Waals surface area contributed by atoms with Crippen LogP contribution in [-0.4, -0.2) is 30.0 Å². The van der Waals surface area contributed by atoms with E-state index in [0.717, 1.165) is 66.9 Å². The molecule has 4 rings (SSSR count). The van der Waals surface area contributed by atoms with Crippen molar-refractivity contribution in [3.63, 3.8) is 0 Å². The van der Waals surface area contributed by atoms with Crippen molar-refractivity contribution in [3.8, 4) is 17.2 Å². The molecule has 328 valence electrons. The Balaban J connectivity index is 0. The second-order valence-electron chi connectivity index (χ2n) is 15.2. The third kappa shape index (κ3) is 20.4. The Morgan fingerprint density at radius 3 is 1.63 bits per heavy atom. The maximum Gasteiger partial charge on any atom is 0.0994 e. The Morgan fingerprint density at radius 1 is 0.729 bits per heavy atom. The van der Waals surface area contributed by atoms with Crippen LogP contribution in [0.25, 0.3) is 16.7 Å². The largest absolute Gasteiger partial charge is 0.299 e. The summed E-state index contributed by atoms with van der Waals surface area (Å²) in [7, 11) is 0. The quantitative estimate of drug-likeness (QED) is 0.106. The first-order valence-corrected chi connectivity index (χ1v) is 23.6. The molecule has 0 amide bonds. The molecule has 59 heavy (non-hydrogen) atoms. The number of aryl methyl sites for hydroxylation is 1.